The van der Waals surface area contributed by atoms with Gasteiger partial charge >= 0.3 is 285 Å². The fourth-order valence-electron chi connectivity index (χ4n) is 7.30. The first kappa shape index (κ1) is 31.0. The van der Waals surface area contributed by atoms with E-state index in [0.717, 1.165) is 6.42 Å². The van der Waals surface area contributed by atoms with Crippen molar-refractivity contribution in [2.24, 2.45) is 0 Å². The maximum atomic E-state index is 2.50. The Morgan fingerprint density at radius 1 is 0.565 bits per heavy atom. The SMILES string of the molecule is CC(C)(C)c1cc(C2=[C]([Zr](=[C](c3ccccc3)c3ccccc3)[CH]3c4ccccc4-c4ccccc43)CC=C2)cc(C(C)(C)C)c1. The van der Waals surface area contributed by atoms with Crippen LogP contribution >= 0.6 is 0 Å². The van der Waals surface area contributed by atoms with Crippen LogP contribution in [0, 0.1) is 0 Å². The van der Waals surface area contributed by atoms with Gasteiger partial charge in [0.25, 0.3) is 0 Å². The predicted octanol–water partition coefficient (Wildman–Crippen LogP) is 11.6. The summed E-state index contributed by atoms with van der Waals surface area (Å²) in [7, 11) is 0. The molecule has 0 bridgehead atoms. The van der Waals surface area contributed by atoms with Gasteiger partial charge in [0, 0.05) is 0 Å². The molecule has 0 N–H and O–H groups in total. The minimum atomic E-state index is -2.87. The Hall–Kier alpha value is -3.67. The number of rotatable bonds is 5. The van der Waals surface area contributed by atoms with Gasteiger partial charge in [0.05, 0.1) is 0 Å². The number of benzene rings is 5. The first-order chi connectivity index (χ1) is 22.1. The monoisotopic (exact) mass is 674 g/mol. The van der Waals surface area contributed by atoms with Gasteiger partial charge in [-0.3, -0.25) is 0 Å². The molecule has 1 heteroatoms. The van der Waals surface area contributed by atoms with Gasteiger partial charge in [0.1, 0.15) is 0 Å². The van der Waals surface area contributed by atoms with Crippen molar-refractivity contribution in [1.82, 2.24) is 0 Å². The average Bonchev–Trinajstić information content (AvgIpc) is 3.67. The third-order valence-electron chi connectivity index (χ3n) is 9.75. The van der Waals surface area contributed by atoms with Gasteiger partial charge in [-0.05, 0) is 0 Å². The van der Waals surface area contributed by atoms with E-state index in [1.807, 2.05) is 0 Å². The van der Waals surface area contributed by atoms with Gasteiger partial charge < -0.3 is 0 Å². The summed E-state index contributed by atoms with van der Waals surface area (Å²) in [5.41, 5.74) is 14.4. The molecule has 0 fully saturated rings. The van der Waals surface area contributed by atoms with Crippen molar-refractivity contribution in [2.45, 2.75) is 62.4 Å². The van der Waals surface area contributed by atoms with E-state index < -0.39 is 21.3 Å². The van der Waals surface area contributed by atoms with Crippen LogP contribution in [0.25, 0.3) is 16.7 Å². The molecule has 0 spiro atoms. The molecule has 5 aromatic carbocycles. The van der Waals surface area contributed by atoms with Crippen molar-refractivity contribution in [3.63, 3.8) is 0 Å². The summed E-state index contributed by atoms with van der Waals surface area (Å²) in [6, 6.07) is 48.6. The van der Waals surface area contributed by atoms with Crippen LogP contribution in [0.1, 0.15) is 90.5 Å². The van der Waals surface area contributed by atoms with Crippen LogP contribution in [-0.2, 0) is 32.1 Å². The fraction of sp³-hybridized carbons (Fsp3) is 0.222. The Morgan fingerprint density at radius 3 is 1.50 bits per heavy atom. The van der Waals surface area contributed by atoms with E-state index >= 15 is 0 Å². The van der Waals surface area contributed by atoms with Crippen LogP contribution in [0.4, 0.5) is 0 Å². The standard InChI is InChI=1S/C19H25.C13H9.C13H10.Zr/c1-18(2,3)16-11-15(14-9-7-8-10-14)12-17(13-16)19(4,5)6;1-3-7-12-10(5-1)9-11-6-2-4-8-13(11)12;1-3-7-12(8-4-1)11-13-9-5-2-6-10-13;/h7,9,11-13H,8H2,1-6H3;1-9H;1-10H;. The van der Waals surface area contributed by atoms with E-state index in [1.54, 1.807) is 6.49 Å². The van der Waals surface area contributed by atoms with Crippen molar-refractivity contribution in [2.75, 3.05) is 0 Å². The Labute approximate surface area is 283 Å². The Morgan fingerprint density at radius 2 is 1.02 bits per heavy atom. The van der Waals surface area contributed by atoms with Gasteiger partial charge in [-0.2, -0.15) is 0 Å². The molecule has 228 valence electrons. The van der Waals surface area contributed by atoms with E-state index in [1.165, 1.54) is 55.6 Å². The summed E-state index contributed by atoms with van der Waals surface area (Å²) in [5, 5.41) is 0. The predicted molar refractivity (Wildman–Crippen MR) is 194 cm³/mol. The Bertz CT molecular complexity index is 1890. The second-order valence-electron chi connectivity index (χ2n) is 14.9. The second-order valence-corrected chi connectivity index (χ2v) is 21.1. The average molecular weight is 676 g/mol. The molecule has 0 amide bonds. The molecule has 0 heterocycles. The second kappa shape index (κ2) is 12.2. The van der Waals surface area contributed by atoms with Crippen molar-refractivity contribution in [1.29, 1.82) is 0 Å². The van der Waals surface area contributed by atoms with Gasteiger partial charge in [-0.25, -0.2) is 0 Å². The van der Waals surface area contributed by atoms with E-state index in [0.29, 0.717) is 3.63 Å². The molecule has 7 rings (SSSR count). The summed E-state index contributed by atoms with van der Waals surface area (Å²) >= 11 is -2.87. The van der Waals surface area contributed by atoms with Crippen LogP contribution < -0.4 is 0 Å². The van der Waals surface area contributed by atoms with Crippen molar-refractivity contribution >= 4 is 8.78 Å². The summed E-state index contributed by atoms with van der Waals surface area (Å²) in [5.74, 6) is 0. The fourth-order valence-corrected chi connectivity index (χ4v) is 16.8. The van der Waals surface area contributed by atoms with Crippen LogP contribution in [0.2, 0.25) is 0 Å². The zero-order chi connectivity index (χ0) is 32.1. The Kier molecular flexibility index (Phi) is 8.19. The zero-order valence-electron chi connectivity index (χ0n) is 28.1. The first-order valence-corrected chi connectivity index (χ1v) is 20.6. The van der Waals surface area contributed by atoms with E-state index in [4.69, 9.17) is 0 Å². The van der Waals surface area contributed by atoms with Crippen LogP contribution in [0.15, 0.2) is 143 Å². The van der Waals surface area contributed by atoms with Gasteiger partial charge in [-0.1, -0.05) is 0 Å². The van der Waals surface area contributed by atoms with Gasteiger partial charge in [0.2, 0.25) is 0 Å². The van der Waals surface area contributed by atoms with Crippen LogP contribution in [-0.4, -0.2) is 3.21 Å². The molecule has 0 nitrogen and oxygen atoms in total. The van der Waals surface area contributed by atoms with Gasteiger partial charge in [-0.15, -0.1) is 0 Å². The third-order valence-corrected chi connectivity index (χ3v) is 18.2. The van der Waals surface area contributed by atoms with Crippen molar-refractivity contribution in [3.8, 4) is 11.1 Å². The number of hydrogen-bond acceptors (Lipinski definition) is 0. The van der Waals surface area contributed by atoms with E-state index in [-0.39, 0.29) is 10.8 Å². The molecule has 2 aliphatic carbocycles. The first-order valence-electron chi connectivity index (χ1n) is 16.7. The molecule has 0 saturated heterocycles. The van der Waals surface area contributed by atoms with Crippen LogP contribution in [0.5, 0.6) is 0 Å². The van der Waals surface area contributed by atoms with Gasteiger partial charge in [0.15, 0.2) is 0 Å². The normalized spacial score (nSPS) is 14.4. The van der Waals surface area contributed by atoms with E-state index in [2.05, 4.69) is 181 Å². The Balaban J connectivity index is 1.61. The van der Waals surface area contributed by atoms with Crippen molar-refractivity contribution < 1.29 is 21.3 Å². The molecule has 0 unspecified atom stereocenters. The summed E-state index contributed by atoms with van der Waals surface area (Å²) in [6.07, 6.45) is 5.94. The zero-order valence-corrected chi connectivity index (χ0v) is 30.5. The summed E-state index contributed by atoms with van der Waals surface area (Å²) in [4.78, 5) is 0. The van der Waals surface area contributed by atoms with Crippen molar-refractivity contribution in [3.05, 3.63) is 182 Å². The number of hydrogen-bond donors (Lipinski definition) is 0. The maximum absolute atomic E-state index is 2.87. The topological polar surface area (TPSA) is 0 Å². The molecule has 0 saturated carbocycles. The third kappa shape index (κ3) is 5.73. The van der Waals surface area contributed by atoms with Crippen LogP contribution in [0.3, 0.4) is 0 Å². The summed E-state index contributed by atoms with van der Waals surface area (Å²) < 4.78 is 3.69. The molecule has 0 aliphatic heterocycles. The molecule has 5 aromatic rings. The summed E-state index contributed by atoms with van der Waals surface area (Å²) in [6.45, 7) is 14.1. The minimum absolute atomic E-state index is 0.0648. The number of allylic oxidation sites excluding steroid dienone is 4. The molecule has 2 aliphatic rings. The molecular formula is C45H44Zr. The molecule has 0 atom stereocenters. The molecular weight excluding hydrogens is 632 g/mol. The molecule has 0 aromatic heterocycles. The molecule has 0 radical (unpaired) electrons. The quantitative estimate of drug-likeness (QED) is 0.174. The van der Waals surface area contributed by atoms with E-state index in [9.17, 15) is 0 Å². The molecule has 46 heavy (non-hydrogen) atoms. The number of fused-ring (bicyclic) bond motifs is 3.